The quantitative estimate of drug-likeness (QED) is 0.295. The van der Waals surface area contributed by atoms with Crippen molar-refractivity contribution in [2.24, 2.45) is 0 Å². The lowest BCUT2D eigenvalue weighted by atomic mass is 9.93. The van der Waals surface area contributed by atoms with Crippen molar-refractivity contribution < 1.29 is 4.79 Å². The van der Waals surface area contributed by atoms with Crippen LogP contribution in [0.4, 0.5) is 0 Å². The maximum Gasteiger partial charge on any atom is 0.225 e. The number of benzene rings is 3. The monoisotopic (exact) mass is 477 g/mol. The second-order valence-electron chi connectivity index (χ2n) is 8.91. The van der Waals surface area contributed by atoms with E-state index in [4.69, 9.17) is 4.98 Å². The Morgan fingerprint density at radius 1 is 0.943 bits per heavy atom. The van der Waals surface area contributed by atoms with Gasteiger partial charge in [0.1, 0.15) is 5.01 Å². The Hall–Kier alpha value is -3.83. The molecule has 0 bridgehead atoms. The van der Waals surface area contributed by atoms with Gasteiger partial charge in [-0.2, -0.15) is 0 Å². The van der Waals surface area contributed by atoms with Gasteiger partial charge in [-0.3, -0.25) is 9.78 Å². The molecule has 0 fully saturated rings. The van der Waals surface area contributed by atoms with Crippen LogP contribution in [0, 0.1) is 20.8 Å². The van der Waals surface area contributed by atoms with Gasteiger partial charge in [0.05, 0.1) is 22.7 Å². The van der Waals surface area contributed by atoms with Crippen LogP contribution >= 0.6 is 11.3 Å². The lowest BCUT2D eigenvalue weighted by molar-refractivity contribution is -0.120. The first-order valence-electron chi connectivity index (χ1n) is 11.7. The molecule has 2 aromatic heterocycles. The van der Waals surface area contributed by atoms with Crippen molar-refractivity contribution in [2.45, 2.75) is 33.2 Å². The first-order chi connectivity index (χ1) is 17.0. The van der Waals surface area contributed by atoms with Crippen LogP contribution in [-0.4, -0.2) is 15.9 Å². The van der Waals surface area contributed by atoms with E-state index in [0.717, 1.165) is 43.2 Å². The van der Waals surface area contributed by atoms with Crippen LogP contribution in [0.15, 0.2) is 85.1 Å². The summed E-state index contributed by atoms with van der Waals surface area (Å²) in [6.45, 7) is 6.18. The molecule has 5 aromatic rings. The first-order valence-corrected chi connectivity index (χ1v) is 12.5. The fourth-order valence-electron chi connectivity index (χ4n) is 4.44. The molecule has 0 aliphatic rings. The van der Waals surface area contributed by atoms with Gasteiger partial charge in [-0.05, 0) is 67.3 Å². The molecule has 2 heterocycles. The number of hydrogen-bond donors (Lipinski definition) is 1. The van der Waals surface area contributed by atoms with E-state index in [0.29, 0.717) is 6.42 Å². The van der Waals surface area contributed by atoms with E-state index in [1.807, 2.05) is 49.4 Å². The van der Waals surface area contributed by atoms with Gasteiger partial charge in [-0.25, -0.2) is 4.98 Å². The standard InChI is InChI=1S/C30H27N3OS/c1-19-11-13-24(20(2)16-19)29(23-8-5-4-6-9-23)33-28(34)18-22-12-14-26-27(17-22)35-30(32-26)25-10-7-15-31-21(25)3/h4-17,29H,18H2,1-3H3,(H,33,34). The molecule has 1 amide bonds. The van der Waals surface area contributed by atoms with Gasteiger partial charge in [-0.15, -0.1) is 11.3 Å². The minimum absolute atomic E-state index is 0.00831. The summed E-state index contributed by atoms with van der Waals surface area (Å²) in [5, 5.41) is 4.24. The highest BCUT2D eigenvalue weighted by atomic mass is 32.1. The number of rotatable bonds is 6. The van der Waals surface area contributed by atoms with Crippen LogP contribution in [0.5, 0.6) is 0 Å². The minimum Gasteiger partial charge on any atom is -0.345 e. The van der Waals surface area contributed by atoms with Crippen LogP contribution in [0.3, 0.4) is 0 Å². The highest BCUT2D eigenvalue weighted by Gasteiger charge is 2.19. The van der Waals surface area contributed by atoms with E-state index >= 15 is 0 Å². The predicted molar refractivity (Wildman–Crippen MR) is 144 cm³/mol. The molecule has 0 radical (unpaired) electrons. The summed E-state index contributed by atoms with van der Waals surface area (Å²) in [4.78, 5) is 22.4. The summed E-state index contributed by atoms with van der Waals surface area (Å²) in [6.07, 6.45) is 2.10. The molecule has 1 atom stereocenters. The van der Waals surface area contributed by atoms with E-state index in [-0.39, 0.29) is 11.9 Å². The average Bonchev–Trinajstić information content (AvgIpc) is 3.27. The number of aromatic nitrogens is 2. The molecular formula is C30H27N3OS. The summed E-state index contributed by atoms with van der Waals surface area (Å²) in [6, 6.07) is 26.4. The van der Waals surface area contributed by atoms with Crippen LogP contribution in [0.25, 0.3) is 20.8 Å². The third kappa shape index (κ3) is 5.00. The number of nitrogens with one attached hydrogen (secondary N) is 1. The molecule has 5 heteroatoms. The van der Waals surface area contributed by atoms with Crippen molar-refractivity contribution in [1.82, 2.24) is 15.3 Å². The number of fused-ring (bicyclic) bond motifs is 1. The molecule has 3 aromatic carbocycles. The largest absolute Gasteiger partial charge is 0.345 e. The van der Waals surface area contributed by atoms with Gasteiger partial charge in [0, 0.05) is 17.5 Å². The Bertz CT molecular complexity index is 1510. The molecule has 1 unspecified atom stereocenters. The van der Waals surface area contributed by atoms with Gasteiger partial charge < -0.3 is 5.32 Å². The van der Waals surface area contributed by atoms with Crippen LogP contribution in [0.2, 0.25) is 0 Å². The molecule has 0 aliphatic carbocycles. The number of carbonyl (C=O) groups excluding carboxylic acids is 1. The van der Waals surface area contributed by atoms with E-state index in [9.17, 15) is 4.79 Å². The highest BCUT2D eigenvalue weighted by Crippen LogP contribution is 2.32. The van der Waals surface area contributed by atoms with E-state index in [1.54, 1.807) is 17.5 Å². The van der Waals surface area contributed by atoms with Gasteiger partial charge >= 0.3 is 0 Å². The molecular weight excluding hydrogens is 450 g/mol. The van der Waals surface area contributed by atoms with Crippen molar-refractivity contribution in [2.75, 3.05) is 0 Å². The van der Waals surface area contributed by atoms with Crippen LogP contribution < -0.4 is 5.32 Å². The Kier molecular flexibility index (Phi) is 6.43. The Balaban J connectivity index is 1.39. The SMILES string of the molecule is Cc1ccc(C(NC(=O)Cc2ccc3nc(-c4cccnc4C)sc3c2)c2ccccc2)c(C)c1. The van der Waals surface area contributed by atoms with Crippen LogP contribution in [-0.2, 0) is 11.2 Å². The Morgan fingerprint density at radius 2 is 1.77 bits per heavy atom. The lowest BCUT2D eigenvalue weighted by Crippen LogP contribution is -2.31. The molecule has 174 valence electrons. The van der Waals surface area contributed by atoms with Gasteiger partial charge in [0.15, 0.2) is 0 Å². The molecule has 0 aliphatic heterocycles. The number of hydrogen-bond acceptors (Lipinski definition) is 4. The predicted octanol–water partition coefficient (Wildman–Crippen LogP) is 6.73. The number of amides is 1. The Morgan fingerprint density at radius 3 is 2.54 bits per heavy atom. The fourth-order valence-corrected chi connectivity index (χ4v) is 5.54. The zero-order chi connectivity index (χ0) is 24.4. The van der Waals surface area contributed by atoms with Crippen molar-refractivity contribution >= 4 is 27.5 Å². The second-order valence-corrected chi connectivity index (χ2v) is 9.94. The fraction of sp³-hybridized carbons (Fsp3) is 0.167. The maximum atomic E-state index is 13.2. The van der Waals surface area contributed by atoms with Gasteiger partial charge in [-0.1, -0.05) is 60.2 Å². The van der Waals surface area contributed by atoms with E-state index < -0.39 is 0 Å². The van der Waals surface area contributed by atoms with E-state index in [1.165, 1.54) is 11.1 Å². The zero-order valence-electron chi connectivity index (χ0n) is 20.1. The molecule has 0 saturated heterocycles. The third-order valence-corrected chi connectivity index (χ3v) is 7.28. The minimum atomic E-state index is -0.198. The summed E-state index contributed by atoms with van der Waals surface area (Å²) < 4.78 is 1.07. The number of carbonyl (C=O) groups is 1. The van der Waals surface area contributed by atoms with Gasteiger partial charge in [0.25, 0.3) is 0 Å². The topological polar surface area (TPSA) is 54.9 Å². The molecule has 0 spiro atoms. The molecule has 1 N–H and O–H groups in total. The smallest absolute Gasteiger partial charge is 0.225 e. The average molecular weight is 478 g/mol. The molecule has 0 saturated carbocycles. The van der Waals surface area contributed by atoms with Crippen LogP contribution in [0.1, 0.15) is 39.6 Å². The van der Waals surface area contributed by atoms with Crippen molar-refractivity contribution in [3.8, 4) is 10.6 Å². The van der Waals surface area contributed by atoms with E-state index in [2.05, 4.69) is 60.5 Å². The lowest BCUT2D eigenvalue weighted by Gasteiger charge is -2.22. The van der Waals surface area contributed by atoms with Crippen molar-refractivity contribution in [3.63, 3.8) is 0 Å². The number of aryl methyl sites for hydroxylation is 3. The molecule has 5 rings (SSSR count). The van der Waals surface area contributed by atoms with Gasteiger partial charge in [0.2, 0.25) is 5.91 Å². The third-order valence-electron chi connectivity index (χ3n) is 6.23. The number of thiazole rings is 1. The molecule has 4 nitrogen and oxygen atoms in total. The molecule has 35 heavy (non-hydrogen) atoms. The number of pyridine rings is 1. The van der Waals surface area contributed by atoms with Crippen molar-refractivity contribution in [1.29, 1.82) is 0 Å². The summed E-state index contributed by atoms with van der Waals surface area (Å²) in [5.74, 6) is -0.00831. The summed E-state index contributed by atoms with van der Waals surface area (Å²) >= 11 is 1.63. The maximum absolute atomic E-state index is 13.2. The van der Waals surface area contributed by atoms with Crippen molar-refractivity contribution in [3.05, 3.63) is 119 Å². The summed E-state index contributed by atoms with van der Waals surface area (Å²) in [7, 11) is 0. The zero-order valence-corrected chi connectivity index (χ0v) is 20.9. The number of nitrogens with zero attached hydrogens (tertiary/aromatic N) is 2. The first kappa shape index (κ1) is 22.9. The summed E-state index contributed by atoms with van der Waals surface area (Å²) in [5.41, 5.74) is 8.49. The normalized spacial score (nSPS) is 12.0. The Labute approximate surface area is 209 Å². The highest BCUT2D eigenvalue weighted by molar-refractivity contribution is 7.21. The second kappa shape index (κ2) is 9.80.